The monoisotopic (exact) mass is 460 g/mol. The molecule has 0 atom stereocenters. The number of hydrogen-bond acceptors (Lipinski definition) is 4. The number of nitrogens with zero attached hydrogens (tertiary/aromatic N) is 2. The SMILES string of the molecule is Cc1cc(CNC(=O)c2cn3c(C(=O)NCc4ccc(C(=O)O)cc4)cccc3n2)ccc1F. The van der Waals surface area contributed by atoms with Crippen LogP contribution in [-0.2, 0) is 13.1 Å². The number of carboxylic acid groups (broad SMARTS) is 1. The molecule has 0 spiro atoms. The number of carbonyl (C=O) groups excluding carboxylic acids is 2. The van der Waals surface area contributed by atoms with Crippen molar-refractivity contribution < 1.29 is 23.9 Å². The van der Waals surface area contributed by atoms with Crippen LogP contribution in [0.3, 0.4) is 0 Å². The second-order valence-corrected chi connectivity index (χ2v) is 7.72. The summed E-state index contributed by atoms with van der Waals surface area (Å²) in [7, 11) is 0. The molecule has 0 aliphatic heterocycles. The lowest BCUT2D eigenvalue weighted by Crippen LogP contribution is -2.25. The molecule has 0 radical (unpaired) electrons. The Morgan fingerprint density at radius 1 is 0.941 bits per heavy atom. The molecule has 3 N–H and O–H groups in total. The summed E-state index contributed by atoms with van der Waals surface area (Å²) in [5, 5.41) is 14.5. The Hall–Kier alpha value is -4.53. The number of hydrogen-bond donors (Lipinski definition) is 3. The van der Waals surface area contributed by atoms with Crippen LogP contribution in [0.5, 0.6) is 0 Å². The van der Waals surface area contributed by atoms with Crippen LogP contribution >= 0.6 is 0 Å². The fourth-order valence-corrected chi connectivity index (χ4v) is 3.43. The number of carbonyl (C=O) groups is 3. The number of aromatic nitrogens is 2. The topological polar surface area (TPSA) is 113 Å². The number of halogens is 1. The standard InChI is InChI=1S/C25H21FN4O4/c1-15-11-17(7-10-19(15)26)13-27-23(31)20-14-30-21(3-2-4-22(30)29-20)24(32)28-12-16-5-8-18(9-6-16)25(33)34/h2-11,14H,12-13H2,1H3,(H,27,31)(H,28,32)(H,33,34). The van der Waals surface area contributed by atoms with E-state index in [-0.39, 0.29) is 36.1 Å². The lowest BCUT2D eigenvalue weighted by atomic mass is 10.1. The first kappa shape index (κ1) is 22.7. The zero-order valence-corrected chi connectivity index (χ0v) is 18.2. The highest BCUT2D eigenvalue weighted by molar-refractivity contribution is 5.95. The van der Waals surface area contributed by atoms with Crippen molar-refractivity contribution in [3.05, 3.63) is 106 Å². The molecule has 172 valence electrons. The van der Waals surface area contributed by atoms with Crippen LogP contribution in [0.4, 0.5) is 4.39 Å². The van der Waals surface area contributed by atoms with E-state index < -0.39 is 11.9 Å². The van der Waals surface area contributed by atoms with Gasteiger partial charge in [-0.2, -0.15) is 0 Å². The van der Waals surface area contributed by atoms with Crippen LogP contribution in [0.25, 0.3) is 5.65 Å². The number of aromatic carboxylic acids is 1. The Morgan fingerprint density at radius 3 is 2.32 bits per heavy atom. The number of carboxylic acids is 1. The van der Waals surface area contributed by atoms with Crippen molar-refractivity contribution in [3.8, 4) is 0 Å². The van der Waals surface area contributed by atoms with Crippen molar-refractivity contribution in [2.75, 3.05) is 0 Å². The molecular formula is C25H21FN4O4. The molecule has 0 fully saturated rings. The van der Waals surface area contributed by atoms with Gasteiger partial charge in [-0.1, -0.05) is 30.3 Å². The maximum atomic E-state index is 13.4. The second-order valence-electron chi connectivity index (χ2n) is 7.72. The quantitative estimate of drug-likeness (QED) is 0.392. The van der Waals surface area contributed by atoms with Gasteiger partial charge in [-0.15, -0.1) is 0 Å². The van der Waals surface area contributed by atoms with Crippen molar-refractivity contribution >= 4 is 23.4 Å². The van der Waals surface area contributed by atoms with E-state index in [1.165, 1.54) is 28.8 Å². The fourth-order valence-electron chi connectivity index (χ4n) is 3.43. The molecule has 4 aromatic rings. The average Bonchev–Trinajstić information content (AvgIpc) is 3.28. The van der Waals surface area contributed by atoms with E-state index in [1.807, 2.05) is 0 Å². The Balaban J connectivity index is 1.45. The number of nitrogens with one attached hydrogen (secondary N) is 2. The Labute approximate surface area is 194 Å². The van der Waals surface area contributed by atoms with Gasteiger partial charge >= 0.3 is 5.97 Å². The van der Waals surface area contributed by atoms with Crippen LogP contribution in [0.2, 0.25) is 0 Å². The Morgan fingerprint density at radius 2 is 1.62 bits per heavy atom. The number of pyridine rings is 1. The maximum absolute atomic E-state index is 13.4. The highest BCUT2D eigenvalue weighted by atomic mass is 19.1. The minimum Gasteiger partial charge on any atom is -0.478 e. The minimum absolute atomic E-state index is 0.142. The molecule has 0 unspecified atom stereocenters. The summed E-state index contributed by atoms with van der Waals surface area (Å²) in [6.07, 6.45) is 1.48. The van der Waals surface area contributed by atoms with E-state index >= 15 is 0 Å². The lowest BCUT2D eigenvalue weighted by Gasteiger charge is -2.07. The predicted octanol–water partition coefficient (Wildman–Crippen LogP) is 3.34. The van der Waals surface area contributed by atoms with Gasteiger partial charge in [0.2, 0.25) is 0 Å². The Bertz CT molecular complexity index is 1400. The third kappa shape index (κ3) is 4.93. The number of aryl methyl sites for hydroxylation is 1. The normalized spacial score (nSPS) is 10.8. The summed E-state index contributed by atoms with van der Waals surface area (Å²) in [6, 6.07) is 15.8. The molecule has 0 bridgehead atoms. The predicted molar refractivity (Wildman–Crippen MR) is 122 cm³/mol. The Kier molecular flexibility index (Phi) is 6.35. The van der Waals surface area contributed by atoms with E-state index in [0.29, 0.717) is 16.9 Å². The number of amides is 2. The van der Waals surface area contributed by atoms with Crippen LogP contribution in [0.15, 0.2) is 66.9 Å². The third-order valence-electron chi connectivity index (χ3n) is 5.29. The number of rotatable bonds is 7. The van der Waals surface area contributed by atoms with Crippen molar-refractivity contribution in [1.82, 2.24) is 20.0 Å². The molecule has 2 amide bonds. The van der Waals surface area contributed by atoms with Gasteiger partial charge in [0.05, 0.1) is 5.56 Å². The summed E-state index contributed by atoms with van der Waals surface area (Å²) in [5.41, 5.74) is 3.02. The van der Waals surface area contributed by atoms with E-state index in [4.69, 9.17) is 5.11 Å². The fraction of sp³-hybridized carbons (Fsp3) is 0.120. The first-order valence-corrected chi connectivity index (χ1v) is 10.4. The first-order valence-electron chi connectivity index (χ1n) is 10.4. The highest BCUT2D eigenvalue weighted by Crippen LogP contribution is 2.12. The van der Waals surface area contributed by atoms with E-state index in [9.17, 15) is 18.8 Å². The molecule has 4 rings (SSSR count). The van der Waals surface area contributed by atoms with Gasteiger partial charge in [0.15, 0.2) is 0 Å². The van der Waals surface area contributed by atoms with Crippen LogP contribution in [0, 0.1) is 12.7 Å². The van der Waals surface area contributed by atoms with E-state index in [1.54, 1.807) is 49.4 Å². The molecule has 0 saturated heterocycles. The number of benzene rings is 2. The largest absolute Gasteiger partial charge is 0.478 e. The summed E-state index contributed by atoms with van der Waals surface area (Å²) >= 11 is 0. The number of fused-ring (bicyclic) bond motifs is 1. The summed E-state index contributed by atoms with van der Waals surface area (Å²) in [4.78, 5) is 40.6. The highest BCUT2D eigenvalue weighted by Gasteiger charge is 2.16. The van der Waals surface area contributed by atoms with Gasteiger partial charge in [0, 0.05) is 19.3 Å². The molecule has 34 heavy (non-hydrogen) atoms. The van der Waals surface area contributed by atoms with Crippen molar-refractivity contribution in [3.63, 3.8) is 0 Å². The molecule has 0 aliphatic carbocycles. The second kappa shape index (κ2) is 9.53. The summed E-state index contributed by atoms with van der Waals surface area (Å²) in [6.45, 7) is 2.07. The van der Waals surface area contributed by atoms with Gasteiger partial charge in [-0.25, -0.2) is 14.2 Å². The van der Waals surface area contributed by atoms with Crippen molar-refractivity contribution in [2.24, 2.45) is 0 Å². The first-order chi connectivity index (χ1) is 16.3. The molecule has 2 aromatic carbocycles. The third-order valence-corrected chi connectivity index (χ3v) is 5.29. The lowest BCUT2D eigenvalue weighted by molar-refractivity contribution is 0.0696. The van der Waals surface area contributed by atoms with Crippen LogP contribution < -0.4 is 10.6 Å². The van der Waals surface area contributed by atoms with Crippen molar-refractivity contribution in [2.45, 2.75) is 20.0 Å². The molecule has 0 aliphatic rings. The molecule has 0 saturated carbocycles. The van der Waals surface area contributed by atoms with Gasteiger partial charge in [-0.05, 0) is 53.9 Å². The smallest absolute Gasteiger partial charge is 0.335 e. The molecule has 2 heterocycles. The minimum atomic E-state index is -1.02. The summed E-state index contributed by atoms with van der Waals surface area (Å²) in [5.74, 6) is -2.12. The van der Waals surface area contributed by atoms with Crippen molar-refractivity contribution in [1.29, 1.82) is 0 Å². The molecule has 2 aromatic heterocycles. The maximum Gasteiger partial charge on any atom is 0.335 e. The molecule has 8 nitrogen and oxygen atoms in total. The van der Waals surface area contributed by atoms with Gasteiger partial charge < -0.3 is 15.7 Å². The molecule has 9 heteroatoms. The zero-order chi connectivity index (χ0) is 24.2. The zero-order valence-electron chi connectivity index (χ0n) is 18.2. The van der Waals surface area contributed by atoms with E-state index in [2.05, 4.69) is 15.6 Å². The van der Waals surface area contributed by atoms with Gasteiger partial charge in [0.1, 0.15) is 22.9 Å². The van der Waals surface area contributed by atoms with E-state index in [0.717, 1.165) is 11.1 Å². The van der Waals surface area contributed by atoms with Gasteiger partial charge in [0.25, 0.3) is 11.8 Å². The molecular weight excluding hydrogens is 439 g/mol. The summed E-state index contributed by atoms with van der Waals surface area (Å²) < 4.78 is 15.0. The van der Waals surface area contributed by atoms with Crippen LogP contribution in [-0.4, -0.2) is 32.3 Å². The average molecular weight is 460 g/mol. The number of imidazole rings is 1. The van der Waals surface area contributed by atoms with Gasteiger partial charge in [-0.3, -0.25) is 14.0 Å². The van der Waals surface area contributed by atoms with Crippen LogP contribution in [0.1, 0.15) is 48.0 Å².